The SMILES string of the molecule is COCc1cccc(C(CN)NN2CCOCC2)c1. The first-order chi connectivity index (χ1) is 9.33. The standard InChI is InChI=1S/C14H23N3O2/c1-18-11-12-3-2-4-13(9-12)14(10-15)16-17-5-7-19-8-6-17/h2-4,9,14,16H,5-8,10-11,15H2,1H3. The van der Waals surface area contributed by atoms with E-state index in [1.54, 1.807) is 7.11 Å². The Bertz CT molecular complexity index is 381. The Morgan fingerprint density at radius 2 is 2.21 bits per heavy atom. The number of ether oxygens (including phenoxy) is 2. The van der Waals surface area contributed by atoms with Crippen LogP contribution in [0.2, 0.25) is 0 Å². The maximum atomic E-state index is 5.89. The van der Waals surface area contributed by atoms with Gasteiger partial charge in [0.15, 0.2) is 0 Å². The zero-order valence-electron chi connectivity index (χ0n) is 11.5. The molecule has 1 aromatic carbocycles. The molecule has 1 heterocycles. The van der Waals surface area contributed by atoms with E-state index in [4.69, 9.17) is 15.2 Å². The van der Waals surface area contributed by atoms with Crippen LogP contribution in [0.4, 0.5) is 0 Å². The number of morpholine rings is 1. The monoisotopic (exact) mass is 265 g/mol. The van der Waals surface area contributed by atoms with Gasteiger partial charge in [0.05, 0.1) is 25.9 Å². The van der Waals surface area contributed by atoms with Crippen molar-refractivity contribution < 1.29 is 9.47 Å². The van der Waals surface area contributed by atoms with Crippen molar-refractivity contribution >= 4 is 0 Å². The van der Waals surface area contributed by atoms with Crippen LogP contribution in [-0.2, 0) is 16.1 Å². The lowest BCUT2D eigenvalue weighted by atomic mass is 10.0. The molecule has 1 unspecified atom stereocenters. The van der Waals surface area contributed by atoms with Crippen molar-refractivity contribution in [1.29, 1.82) is 0 Å². The molecule has 0 aromatic heterocycles. The van der Waals surface area contributed by atoms with Crippen LogP contribution in [0.15, 0.2) is 24.3 Å². The Hall–Kier alpha value is -0.980. The second kappa shape index (κ2) is 7.57. The van der Waals surface area contributed by atoms with Gasteiger partial charge < -0.3 is 15.2 Å². The van der Waals surface area contributed by atoms with E-state index >= 15 is 0 Å². The van der Waals surface area contributed by atoms with Crippen molar-refractivity contribution in [3.05, 3.63) is 35.4 Å². The lowest BCUT2D eigenvalue weighted by Gasteiger charge is -2.31. The molecule has 0 aliphatic carbocycles. The second-order valence-electron chi connectivity index (χ2n) is 4.69. The maximum absolute atomic E-state index is 5.89. The molecule has 1 fully saturated rings. The highest BCUT2D eigenvalue weighted by Gasteiger charge is 2.16. The molecule has 5 heteroatoms. The Morgan fingerprint density at radius 3 is 2.89 bits per heavy atom. The molecular weight excluding hydrogens is 242 g/mol. The number of nitrogens with one attached hydrogen (secondary N) is 1. The van der Waals surface area contributed by atoms with E-state index in [2.05, 4.69) is 28.6 Å². The fraction of sp³-hybridized carbons (Fsp3) is 0.571. The van der Waals surface area contributed by atoms with Crippen molar-refractivity contribution in [2.24, 2.45) is 5.73 Å². The van der Waals surface area contributed by atoms with Crippen LogP contribution in [0.5, 0.6) is 0 Å². The molecule has 1 atom stereocenters. The number of hydrogen-bond acceptors (Lipinski definition) is 5. The van der Waals surface area contributed by atoms with Gasteiger partial charge in [0.1, 0.15) is 0 Å². The topological polar surface area (TPSA) is 59.8 Å². The first-order valence-corrected chi connectivity index (χ1v) is 6.70. The third kappa shape index (κ3) is 4.26. The zero-order chi connectivity index (χ0) is 13.5. The predicted octanol–water partition coefficient (Wildman–Crippen LogP) is 0.670. The summed E-state index contributed by atoms with van der Waals surface area (Å²) in [5.74, 6) is 0. The van der Waals surface area contributed by atoms with Crippen molar-refractivity contribution in [2.75, 3.05) is 40.0 Å². The fourth-order valence-electron chi connectivity index (χ4n) is 2.24. The molecule has 0 saturated carbocycles. The minimum Gasteiger partial charge on any atom is -0.380 e. The molecule has 2 rings (SSSR count). The van der Waals surface area contributed by atoms with E-state index in [0.717, 1.165) is 26.3 Å². The van der Waals surface area contributed by atoms with Gasteiger partial charge in [-0.2, -0.15) is 0 Å². The van der Waals surface area contributed by atoms with Gasteiger partial charge in [-0.15, -0.1) is 0 Å². The first kappa shape index (κ1) is 14.4. The van der Waals surface area contributed by atoms with Gasteiger partial charge in [-0.1, -0.05) is 24.3 Å². The number of nitrogens with two attached hydrogens (primary N) is 1. The molecule has 0 bridgehead atoms. The summed E-state index contributed by atoms with van der Waals surface area (Å²) in [5.41, 5.74) is 11.7. The number of methoxy groups -OCH3 is 1. The largest absolute Gasteiger partial charge is 0.380 e. The highest BCUT2D eigenvalue weighted by atomic mass is 16.5. The fourth-order valence-corrected chi connectivity index (χ4v) is 2.24. The zero-order valence-corrected chi connectivity index (χ0v) is 11.5. The summed E-state index contributed by atoms with van der Waals surface area (Å²) in [5, 5.41) is 2.18. The van der Waals surface area contributed by atoms with Crippen LogP contribution in [0.1, 0.15) is 17.2 Å². The summed E-state index contributed by atoms with van der Waals surface area (Å²) in [6.07, 6.45) is 0. The van der Waals surface area contributed by atoms with Crippen LogP contribution in [0.3, 0.4) is 0 Å². The number of hydrogen-bond donors (Lipinski definition) is 2. The Morgan fingerprint density at radius 1 is 1.42 bits per heavy atom. The molecule has 1 aliphatic heterocycles. The number of rotatable bonds is 6. The Kier molecular flexibility index (Phi) is 5.75. The summed E-state index contributed by atoms with van der Waals surface area (Å²) < 4.78 is 10.5. The number of nitrogens with zero attached hydrogens (tertiary/aromatic N) is 1. The van der Waals surface area contributed by atoms with E-state index in [9.17, 15) is 0 Å². The van der Waals surface area contributed by atoms with Gasteiger partial charge in [0.25, 0.3) is 0 Å². The van der Waals surface area contributed by atoms with E-state index in [1.807, 2.05) is 6.07 Å². The molecule has 3 N–H and O–H groups in total. The van der Waals surface area contributed by atoms with Gasteiger partial charge in [0.2, 0.25) is 0 Å². The normalized spacial score (nSPS) is 18.4. The van der Waals surface area contributed by atoms with Gasteiger partial charge in [-0.05, 0) is 11.1 Å². The molecule has 1 aromatic rings. The summed E-state index contributed by atoms with van der Waals surface area (Å²) in [4.78, 5) is 0. The lowest BCUT2D eigenvalue weighted by molar-refractivity contribution is 0.00403. The molecule has 0 radical (unpaired) electrons. The van der Waals surface area contributed by atoms with Crippen LogP contribution >= 0.6 is 0 Å². The number of hydrazine groups is 1. The van der Waals surface area contributed by atoms with Gasteiger partial charge in [0, 0.05) is 26.7 Å². The molecule has 19 heavy (non-hydrogen) atoms. The average molecular weight is 265 g/mol. The highest BCUT2D eigenvalue weighted by molar-refractivity contribution is 5.26. The summed E-state index contributed by atoms with van der Waals surface area (Å²) in [6.45, 7) is 4.53. The van der Waals surface area contributed by atoms with Crippen molar-refractivity contribution in [3.63, 3.8) is 0 Å². The molecule has 5 nitrogen and oxygen atoms in total. The second-order valence-corrected chi connectivity index (χ2v) is 4.69. The predicted molar refractivity (Wildman–Crippen MR) is 74.5 cm³/mol. The summed E-state index contributed by atoms with van der Waals surface area (Å²) >= 11 is 0. The molecular formula is C14H23N3O2. The third-order valence-corrected chi connectivity index (χ3v) is 3.25. The van der Waals surface area contributed by atoms with Gasteiger partial charge in [-0.25, -0.2) is 10.4 Å². The van der Waals surface area contributed by atoms with E-state index in [0.29, 0.717) is 13.2 Å². The molecule has 0 spiro atoms. The van der Waals surface area contributed by atoms with Gasteiger partial charge in [-0.3, -0.25) is 0 Å². The van der Waals surface area contributed by atoms with Crippen LogP contribution < -0.4 is 11.2 Å². The van der Waals surface area contributed by atoms with Crippen molar-refractivity contribution in [2.45, 2.75) is 12.6 Å². The third-order valence-electron chi connectivity index (χ3n) is 3.25. The number of benzene rings is 1. The minimum atomic E-state index is 0.134. The van der Waals surface area contributed by atoms with Crippen LogP contribution in [0, 0.1) is 0 Å². The molecule has 0 amide bonds. The van der Waals surface area contributed by atoms with E-state index in [1.165, 1.54) is 11.1 Å². The first-order valence-electron chi connectivity index (χ1n) is 6.70. The van der Waals surface area contributed by atoms with Gasteiger partial charge >= 0.3 is 0 Å². The molecule has 1 saturated heterocycles. The van der Waals surface area contributed by atoms with Crippen LogP contribution in [0.25, 0.3) is 0 Å². The summed E-state index contributed by atoms with van der Waals surface area (Å²) in [6, 6.07) is 8.50. The van der Waals surface area contributed by atoms with E-state index in [-0.39, 0.29) is 6.04 Å². The van der Waals surface area contributed by atoms with E-state index < -0.39 is 0 Å². The summed E-state index contributed by atoms with van der Waals surface area (Å²) in [7, 11) is 1.71. The Balaban J connectivity index is 2.01. The van der Waals surface area contributed by atoms with Crippen LogP contribution in [-0.4, -0.2) is 45.0 Å². The minimum absolute atomic E-state index is 0.134. The quantitative estimate of drug-likeness (QED) is 0.791. The van der Waals surface area contributed by atoms with Crippen molar-refractivity contribution in [3.8, 4) is 0 Å². The maximum Gasteiger partial charge on any atom is 0.0713 e. The Labute approximate surface area is 114 Å². The molecule has 106 valence electrons. The molecule has 1 aliphatic rings. The lowest BCUT2D eigenvalue weighted by Crippen LogP contribution is -2.48. The highest BCUT2D eigenvalue weighted by Crippen LogP contribution is 2.15. The average Bonchev–Trinajstić information content (AvgIpc) is 2.46. The van der Waals surface area contributed by atoms with Crippen molar-refractivity contribution in [1.82, 2.24) is 10.4 Å². The smallest absolute Gasteiger partial charge is 0.0713 e.